The molecule has 2 aliphatic heterocycles. The highest BCUT2D eigenvalue weighted by Crippen LogP contribution is 2.37. The highest BCUT2D eigenvalue weighted by Gasteiger charge is 2.38. The molecular formula is C13H24N2O2. The maximum Gasteiger partial charge on any atom is 0.222 e. The molecule has 0 radical (unpaired) electrons. The largest absolute Gasteiger partial charge is 0.375 e. The molecule has 98 valence electrons. The monoisotopic (exact) mass is 240 g/mol. The van der Waals surface area contributed by atoms with Crippen LogP contribution in [-0.2, 0) is 9.53 Å². The topological polar surface area (TPSA) is 41.6 Å². The molecule has 0 aromatic carbocycles. The van der Waals surface area contributed by atoms with Crippen LogP contribution in [0.25, 0.3) is 0 Å². The normalized spacial score (nSPS) is 28.0. The molecule has 2 heterocycles. The second-order valence-corrected chi connectivity index (χ2v) is 5.63. The van der Waals surface area contributed by atoms with Crippen molar-refractivity contribution in [2.24, 2.45) is 5.92 Å². The van der Waals surface area contributed by atoms with E-state index in [1.165, 1.54) is 0 Å². The quantitative estimate of drug-likeness (QED) is 0.783. The van der Waals surface area contributed by atoms with Gasteiger partial charge in [0.1, 0.15) is 0 Å². The van der Waals surface area contributed by atoms with Gasteiger partial charge in [0, 0.05) is 27.1 Å². The first kappa shape index (κ1) is 12.8. The molecule has 0 unspecified atom stereocenters. The van der Waals surface area contributed by atoms with Gasteiger partial charge >= 0.3 is 0 Å². The van der Waals surface area contributed by atoms with Crippen LogP contribution in [0.4, 0.5) is 0 Å². The van der Waals surface area contributed by atoms with Gasteiger partial charge in [0.2, 0.25) is 5.91 Å². The van der Waals surface area contributed by atoms with Gasteiger partial charge in [-0.05, 0) is 44.7 Å². The van der Waals surface area contributed by atoms with E-state index in [1.54, 1.807) is 4.90 Å². The fourth-order valence-electron chi connectivity index (χ4n) is 2.96. The summed E-state index contributed by atoms with van der Waals surface area (Å²) in [6, 6.07) is 0. The fourth-order valence-corrected chi connectivity index (χ4v) is 2.96. The van der Waals surface area contributed by atoms with E-state index in [4.69, 9.17) is 4.74 Å². The third kappa shape index (κ3) is 3.19. The van der Waals surface area contributed by atoms with E-state index in [0.29, 0.717) is 12.3 Å². The smallest absolute Gasteiger partial charge is 0.222 e. The molecule has 2 aliphatic rings. The van der Waals surface area contributed by atoms with E-state index in [1.807, 2.05) is 14.1 Å². The van der Waals surface area contributed by atoms with Crippen molar-refractivity contribution in [3.8, 4) is 0 Å². The van der Waals surface area contributed by atoms with Crippen LogP contribution in [-0.4, -0.2) is 50.2 Å². The van der Waals surface area contributed by atoms with Gasteiger partial charge in [0.15, 0.2) is 0 Å². The summed E-state index contributed by atoms with van der Waals surface area (Å²) in [6.07, 6.45) is 4.98. The Hall–Kier alpha value is -0.610. The number of hydrogen-bond acceptors (Lipinski definition) is 3. The second-order valence-electron chi connectivity index (χ2n) is 5.63. The molecule has 1 N–H and O–H groups in total. The van der Waals surface area contributed by atoms with Crippen molar-refractivity contribution in [3.63, 3.8) is 0 Å². The average Bonchev–Trinajstić information content (AvgIpc) is 2.30. The molecule has 1 atom stereocenters. The van der Waals surface area contributed by atoms with Gasteiger partial charge in [-0.15, -0.1) is 0 Å². The summed E-state index contributed by atoms with van der Waals surface area (Å²) in [5, 5.41) is 3.37. The third-order valence-electron chi connectivity index (χ3n) is 4.07. The van der Waals surface area contributed by atoms with Crippen LogP contribution in [0.1, 0.15) is 32.1 Å². The number of hydrogen-bond donors (Lipinski definition) is 1. The molecule has 0 saturated carbocycles. The molecule has 0 aliphatic carbocycles. The first-order chi connectivity index (χ1) is 8.11. The SMILES string of the molecule is CN(C)C(=O)C[C@@H]1CCOC2(CCNCC2)C1. The third-order valence-corrected chi connectivity index (χ3v) is 4.07. The zero-order chi connectivity index (χ0) is 12.3. The summed E-state index contributed by atoms with van der Waals surface area (Å²) in [4.78, 5) is 13.5. The van der Waals surface area contributed by atoms with Crippen molar-refractivity contribution in [1.82, 2.24) is 10.2 Å². The Labute approximate surface area is 104 Å². The first-order valence-electron chi connectivity index (χ1n) is 6.66. The molecular weight excluding hydrogens is 216 g/mol. The number of nitrogens with one attached hydrogen (secondary N) is 1. The Morgan fingerprint density at radius 1 is 1.41 bits per heavy atom. The number of nitrogens with zero attached hydrogens (tertiary/aromatic N) is 1. The molecule has 2 rings (SSSR count). The Morgan fingerprint density at radius 2 is 2.12 bits per heavy atom. The summed E-state index contributed by atoms with van der Waals surface area (Å²) < 4.78 is 6.01. The van der Waals surface area contributed by atoms with Crippen LogP contribution >= 0.6 is 0 Å². The maximum atomic E-state index is 11.8. The standard InChI is InChI=1S/C13H24N2O2/c1-15(2)12(16)9-11-3-8-17-13(10-11)4-6-14-7-5-13/h11,14H,3-10H2,1-2H3/t11-/m0/s1. The summed E-state index contributed by atoms with van der Waals surface area (Å²) in [7, 11) is 3.67. The Balaban J connectivity index is 1.90. The lowest BCUT2D eigenvalue weighted by Gasteiger charge is -2.43. The molecule has 0 aromatic rings. The number of piperidine rings is 1. The van der Waals surface area contributed by atoms with Gasteiger partial charge in [0.05, 0.1) is 5.60 Å². The number of ether oxygens (including phenoxy) is 1. The number of carbonyl (C=O) groups is 1. The summed E-state index contributed by atoms with van der Waals surface area (Å²) in [5.41, 5.74) is 0.0702. The lowest BCUT2D eigenvalue weighted by atomic mass is 9.78. The highest BCUT2D eigenvalue weighted by atomic mass is 16.5. The highest BCUT2D eigenvalue weighted by molar-refractivity contribution is 5.75. The van der Waals surface area contributed by atoms with E-state index in [2.05, 4.69) is 5.32 Å². The van der Waals surface area contributed by atoms with Crippen LogP contribution in [0, 0.1) is 5.92 Å². The van der Waals surface area contributed by atoms with Crippen molar-refractivity contribution in [1.29, 1.82) is 0 Å². The van der Waals surface area contributed by atoms with E-state index in [-0.39, 0.29) is 11.5 Å². The molecule has 2 saturated heterocycles. The maximum absolute atomic E-state index is 11.8. The van der Waals surface area contributed by atoms with Crippen molar-refractivity contribution in [3.05, 3.63) is 0 Å². The molecule has 0 aromatic heterocycles. The lowest BCUT2D eigenvalue weighted by Crippen LogP contribution is -2.48. The fraction of sp³-hybridized carbons (Fsp3) is 0.923. The van der Waals surface area contributed by atoms with E-state index in [0.717, 1.165) is 45.4 Å². The molecule has 1 spiro atoms. The van der Waals surface area contributed by atoms with Gasteiger partial charge < -0.3 is 15.0 Å². The summed E-state index contributed by atoms with van der Waals surface area (Å²) in [6.45, 7) is 2.92. The molecule has 1 amide bonds. The van der Waals surface area contributed by atoms with Crippen molar-refractivity contribution in [2.75, 3.05) is 33.8 Å². The molecule has 17 heavy (non-hydrogen) atoms. The lowest BCUT2D eigenvalue weighted by molar-refractivity contribution is -0.136. The Morgan fingerprint density at radius 3 is 2.76 bits per heavy atom. The molecule has 4 nitrogen and oxygen atoms in total. The van der Waals surface area contributed by atoms with Crippen molar-refractivity contribution >= 4 is 5.91 Å². The van der Waals surface area contributed by atoms with Crippen molar-refractivity contribution < 1.29 is 9.53 Å². The Kier molecular flexibility index (Phi) is 4.05. The van der Waals surface area contributed by atoms with Crippen LogP contribution in [0.2, 0.25) is 0 Å². The van der Waals surface area contributed by atoms with Crippen LogP contribution in [0.5, 0.6) is 0 Å². The van der Waals surface area contributed by atoms with Crippen LogP contribution < -0.4 is 5.32 Å². The van der Waals surface area contributed by atoms with Gasteiger partial charge in [-0.3, -0.25) is 4.79 Å². The van der Waals surface area contributed by atoms with Gasteiger partial charge in [-0.25, -0.2) is 0 Å². The number of amides is 1. The molecule has 2 fully saturated rings. The average molecular weight is 240 g/mol. The number of rotatable bonds is 2. The van der Waals surface area contributed by atoms with Crippen molar-refractivity contribution in [2.45, 2.75) is 37.7 Å². The predicted molar refractivity (Wildman–Crippen MR) is 66.8 cm³/mol. The minimum atomic E-state index is 0.0702. The predicted octanol–water partition coefficient (Wildman–Crippen LogP) is 1.01. The number of carbonyl (C=O) groups excluding carboxylic acids is 1. The zero-order valence-corrected chi connectivity index (χ0v) is 11.0. The summed E-state index contributed by atoms with van der Waals surface area (Å²) >= 11 is 0. The first-order valence-corrected chi connectivity index (χ1v) is 6.66. The minimum absolute atomic E-state index is 0.0702. The van der Waals surface area contributed by atoms with Gasteiger partial charge in [0.25, 0.3) is 0 Å². The van der Waals surface area contributed by atoms with Gasteiger partial charge in [-0.2, -0.15) is 0 Å². The van der Waals surface area contributed by atoms with E-state index < -0.39 is 0 Å². The van der Waals surface area contributed by atoms with Crippen LogP contribution in [0.3, 0.4) is 0 Å². The second kappa shape index (κ2) is 5.36. The zero-order valence-electron chi connectivity index (χ0n) is 11.0. The van der Waals surface area contributed by atoms with E-state index in [9.17, 15) is 4.79 Å². The summed E-state index contributed by atoms with van der Waals surface area (Å²) in [5.74, 6) is 0.762. The minimum Gasteiger partial charge on any atom is -0.375 e. The molecule has 4 heteroatoms. The van der Waals surface area contributed by atoms with E-state index >= 15 is 0 Å². The van der Waals surface area contributed by atoms with Gasteiger partial charge in [-0.1, -0.05) is 0 Å². The van der Waals surface area contributed by atoms with Crippen LogP contribution in [0.15, 0.2) is 0 Å². The Bertz CT molecular complexity index is 267. The molecule has 0 bridgehead atoms.